The number of fused-ring (bicyclic) bond motifs is 1. The first-order valence-corrected chi connectivity index (χ1v) is 13.2. The van der Waals surface area contributed by atoms with E-state index in [1.54, 1.807) is 30.3 Å². The van der Waals surface area contributed by atoms with Gasteiger partial charge in [-0.2, -0.15) is 4.31 Å². The molecule has 1 saturated heterocycles. The quantitative estimate of drug-likeness (QED) is 0.367. The Hall–Kier alpha value is -3.15. The lowest BCUT2D eigenvalue weighted by atomic mass is 9.98. The topological polar surface area (TPSA) is 83.7 Å². The molecular formula is C24H21F2N3O4S2. The minimum Gasteiger partial charge on any atom is -0.467 e. The molecule has 0 aliphatic carbocycles. The number of thiazole rings is 1. The SMILES string of the molecule is O=C(C1CCCN(S(=O)(=O)c2ccccc2)C1)N(Cc1ccco1)c1nc2c(F)cc(F)cc2s1. The molecule has 5 rings (SSSR count). The molecule has 3 heterocycles. The van der Waals surface area contributed by atoms with Crippen LogP contribution in [0.15, 0.2) is 70.2 Å². The van der Waals surface area contributed by atoms with Crippen LogP contribution in [0.2, 0.25) is 0 Å². The van der Waals surface area contributed by atoms with Crippen LogP contribution in [0.3, 0.4) is 0 Å². The zero-order valence-corrected chi connectivity index (χ0v) is 20.1. The van der Waals surface area contributed by atoms with E-state index in [0.717, 1.165) is 17.4 Å². The molecular weight excluding hydrogens is 496 g/mol. The molecule has 2 aromatic heterocycles. The summed E-state index contributed by atoms with van der Waals surface area (Å²) < 4.78 is 61.3. The van der Waals surface area contributed by atoms with E-state index in [-0.39, 0.29) is 39.2 Å². The second-order valence-electron chi connectivity index (χ2n) is 8.25. The summed E-state index contributed by atoms with van der Waals surface area (Å²) in [4.78, 5) is 19.5. The number of aromatic nitrogens is 1. The van der Waals surface area contributed by atoms with Crippen molar-refractivity contribution in [1.29, 1.82) is 0 Å². The molecule has 0 N–H and O–H groups in total. The van der Waals surface area contributed by atoms with Gasteiger partial charge in [-0.25, -0.2) is 22.2 Å². The fourth-order valence-electron chi connectivity index (χ4n) is 4.18. The maximum absolute atomic E-state index is 14.3. The number of benzene rings is 2. The van der Waals surface area contributed by atoms with E-state index in [1.807, 2.05) is 0 Å². The van der Waals surface area contributed by atoms with Gasteiger partial charge in [0.25, 0.3) is 0 Å². The number of rotatable bonds is 6. The van der Waals surface area contributed by atoms with E-state index in [9.17, 15) is 22.0 Å². The average Bonchev–Trinajstić information content (AvgIpc) is 3.53. The van der Waals surface area contributed by atoms with E-state index in [2.05, 4.69) is 4.98 Å². The Morgan fingerprint density at radius 2 is 1.97 bits per heavy atom. The highest BCUT2D eigenvalue weighted by Crippen LogP contribution is 2.34. The Morgan fingerprint density at radius 1 is 1.17 bits per heavy atom. The van der Waals surface area contributed by atoms with Gasteiger partial charge in [0.2, 0.25) is 15.9 Å². The fraction of sp³-hybridized carbons (Fsp3) is 0.250. The van der Waals surface area contributed by atoms with Crippen molar-refractivity contribution in [3.05, 3.63) is 78.3 Å². The smallest absolute Gasteiger partial charge is 0.243 e. The summed E-state index contributed by atoms with van der Waals surface area (Å²) in [6.45, 7) is 0.348. The summed E-state index contributed by atoms with van der Waals surface area (Å²) in [5.74, 6) is -2.05. The molecule has 1 fully saturated rings. The highest BCUT2D eigenvalue weighted by Gasteiger charge is 2.36. The fourth-order valence-corrected chi connectivity index (χ4v) is 6.74. The molecule has 4 aromatic rings. The summed E-state index contributed by atoms with van der Waals surface area (Å²) in [6, 6.07) is 13.4. The summed E-state index contributed by atoms with van der Waals surface area (Å²) in [5, 5.41) is 0.189. The van der Waals surface area contributed by atoms with Crippen molar-refractivity contribution in [2.45, 2.75) is 24.3 Å². The largest absolute Gasteiger partial charge is 0.467 e. The van der Waals surface area contributed by atoms with Crippen LogP contribution in [0.1, 0.15) is 18.6 Å². The molecule has 1 aliphatic heterocycles. The first kappa shape index (κ1) is 23.6. The Morgan fingerprint density at radius 3 is 2.71 bits per heavy atom. The van der Waals surface area contributed by atoms with Gasteiger partial charge in [0.05, 0.1) is 28.3 Å². The van der Waals surface area contributed by atoms with Crippen LogP contribution in [0.25, 0.3) is 10.2 Å². The van der Waals surface area contributed by atoms with E-state index in [0.29, 0.717) is 25.1 Å². The number of amides is 1. The van der Waals surface area contributed by atoms with Crippen LogP contribution in [0, 0.1) is 17.6 Å². The summed E-state index contributed by atoms with van der Waals surface area (Å²) >= 11 is 0.992. The number of anilines is 1. The zero-order valence-electron chi connectivity index (χ0n) is 18.4. The lowest BCUT2D eigenvalue weighted by Crippen LogP contribution is -2.46. The van der Waals surface area contributed by atoms with Gasteiger partial charge in [0.15, 0.2) is 10.9 Å². The average molecular weight is 518 g/mol. The van der Waals surface area contributed by atoms with E-state index in [4.69, 9.17) is 4.42 Å². The van der Waals surface area contributed by atoms with Gasteiger partial charge in [-0.05, 0) is 43.2 Å². The molecule has 0 radical (unpaired) electrons. The standard InChI is InChI=1S/C24H21F2N3O4S2/c25-17-12-20(26)22-21(13-17)34-24(27-22)29(15-18-7-5-11-33-18)23(30)16-6-4-10-28(14-16)35(31,32)19-8-2-1-3-9-19/h1-3,5,7-9,11-13,16H,4,6,10,14-15H2. The number of carbonyl (C=O) groups is 1. The molecule has 1 amide bonds. The van der Waals surface area contributed by atoms with Gasteiger partial charge >= 0.3 is 0 Å². The zero-order chi connectivity index (χ0) is 24.6. The third-order valence-electron chi connectivity index (χ3n) is 5.91. The summed E-state index contributed by atoms with van der Waals surface area (Å²) in [7, 11) is -3.76. The van der Waals surface area contributed by atoms with Crippen molar-refractivity contribution in [2.75, 3.05) is 18.0 Å². The minimum atomic E-state index is -3.76. The number of furan rings is 1. The molecule has 1 unspecified atom stereocenters. The van der Waals surface area contributed by atoms with Crippen LogP contribution >= 0.6 is 11.3 Å². The number of halogens is 2. The molecule has 7 nitrogen and oxygen atoms in total. The number of nitrogens with zero attached hydrogens (tertiary/aromatic N) is 3. The van der Waals surface area contributed by atoms with Crippen molar-refractivity contribution >= 4 is 42.6 Å². The second kappa shape index (κ2) is 9.48. The van der Waals surface area contributed by atoms with Crippen LogP contribution in [0.5, 0.6) is 0 Å². The van der Waals surface area contributed by atoms with Gasteiger partial charge < -0.3 is 4.42 Å². The monoisotopic (exact) mass is 517 g/mol. The molecule has 11 heteroatoms. The van der Waals surface area contributed by atoms with Gasteiger partial charge in [-0.3, -0.25) is 9.69 Å². The van der Waals surface area contributed by atoms with Gasteiger partial charge in [-0.15, -0.1) is 0 Å². The van der Waals surface area contributed by atoms with Crippen molar-refractivity contribution in [3.8, 4) is 0 Å². The van der Waals surface area contributed by atoms with Crippen molar-refractivity contribution in [1.82, 2.24) is 9.29 Å². The third-order valence-corrected chi connectivity index (χ3v) is 8.81. The van der Waals surface area contributed by atoms with E-state index in [1.165, 1.54) is 33.7 Å². The van der Waals surface area contributed by atoms with Gasteiger partial charge in [-0.1, -0.05) is 29.5 Å². The number of carbonyl (C=O) groups excluding carboxylic acids is 1. The summed E-state index contributed by atoms with van der Waals surface area (Å²) in [5.41, 5.74) is -0.0272. The van der Waals surface area contributed by atoms with E-state index >= 15 is 0 Å². The third kappa shape index (κ3) is 4.71. The second-order valence-corrected chi connectivity index (χ2v) is 11.2. The van der Waals surface area contributed by atoms with Crippen molar-refractivity contribution < 1.29 is 26.4 Å². The van der Waals surface area contributed by atoms with Crippen molar-refractivity contribution in [3.63, 3.8) is 0 Å². The molecule has 2 aromatic carbocycles. The first-order valence-electron chi connectivity index (χ1n) is 11.0. The lowest BCUT2D eigenvalue weighted by molar-refractivity contribution is -0.123. The number of hydrogen-bond acceptors (Lipinski definition) is 6. The first-order chi connectivity index (χ1) is 16.8. The predicted molar refractivity (Wildman–Crippen MR) is 127 cm³/mol. The highest BCUT2D eigenvalue weighted by molar-refractivity contribution is 7.89. The number of piperidine rings is 1. The van der Waals surface area contributed by atoms with Crippen molar-refractivity contribution in [2.24, 2.45) is 5.92 Å². The van der Waals surface area contributed by atoms with Crippen LogP contribution in [-0.2, 0) is 21.4 Å². The normalized spacial score (nSPS) is 17.0. The molecule has 0 saturated carbocycles. The Kier molecular flexibility index (Phi) is 6.39. The molecule has 182 valence electrons. The van der Waals surface area contributed by atoms with Gasteiger partial charge in [0.1, 0.15) is 17.1 Å². The lowest BCUT2D eigenvalue weighted by Gasteiger charge is -2.33. The maximum atomic E-state index is 14.3. The number of hydrogen-bond donors (Lipinski definition) is 0. The molecule has 1 atom stereocenters. The Balaban J connectivity index is 1.46. The molecule has 0 bridgehead atoms. The summed E-state index contributed by atoms with van der Waals surface area (Å²) in [6.07, 6.45) is 2.47. The molecule has 0 spiro atoms. The maximum Gasteiger partial charge on any atom is 0.243 e. The van der Waals surface area contributed by atoms with E-state index < -0.39 is 27.6 Å². The molecule has 1 aliphatic rings. The predicted octanol–water partition coefficient (Wildman–Crippen LogP) is 4.80. The highest BCUT2D eigenvalue weighted by atomic mass is 32.2. The van der Waals surface area contributed by atoms with Crippen LogP contribution in [0.4, 0.5) is 13.9 Å². The van der Waals surface area contributed by atoms with Crippen LogP contribution in [-0.4, -0.2) is 36.7 Å². The Bertz CT molecular complexity index is 1460. The minimum absolute atomic E-state index is 0.0125. The molecule has 35 heavy (non-hydrogen) atoms. The number of sulfonamides is 1. The Labute approximate surface area is 204 Å². The van der Waals surface area contributed by atoms with Gasteiger partial charge in [0, 0.05) is 19.2 Å². The van der Waals surface area contributed by atoms with Crippen LogP contribution < -0.4 is 4.90 Å².